The molecule has 0 spiro atoms. The highest BCUT2D eigenvalue weighted by molar-refractivity contribution is 9.10. The number of rotatable bonds is 5. The topological polar surface area (TPSA) is 70.9 Å². The molecule has 0 fully saturated rings. The van der Waals surface area contributed by atoms with Gasteiger partial charge >= 0.3 is 6.61 Å². The molecule has 0 saturated heterocycles. The summed E-state index contributed by atoms with van der Waals surface area (Å²) in [6.07, 6.45) is 1.18. The lowest BCUT2D eigenvalue weighted by molar-refractivity contribution is -0.0499. The summed E-state index contributed by atoms with van der Waals surface area (Å²) in [6.45, 7) is -2.97. The Labute approximate surface area is 138 Å². The molecule has 0 aliphatic heterocycles. The number of phenolic OH excluding ortho intramolecular Hbond substituents is 1. The molecular weight excluding hydrogens is 374 g/mol. The van der Waals surface area contributed by atoms with Gasteiger partial charge in [0.1, 0.15) is 11.5 Å². The Hall–Kier alpha value is -2.48. The van der Waals surface area contributed by atoms with Crippen molar-refractivity contribution in [2.75, 3.05) is 0 Å². The van der Waals surface area contributed by atoms with E-state index >= 15 is 0 Å². The minimum atomic E-state index is -2.97. The van der Waals surface area contributed by atoms with Crippen LogP contribution in [0.4, 0.5) is 8.78 Å². The molecule has 0 bridgehead atoms. The monoisotopic (exact) mass is 384 g/mol. The lowest BCUT2D eigenvalue weighted by Gasteiger charge is -2.08. The maximum atomic E-state index is 12.3. The molecule has 0 unspecified atom stereocenters. The number of benzene rings is 2. The SMILES string of the molecule is O=C(N/N=C\c1cc(Br)ccc1OC(F)F)c1cccc(O)c1. The van der Waals surface area contributed by atoms with E-state index in [1.165, 1.54) is 42.6 Å². The number of alkyl halides is 2. The molecule has 2 aromatic carbocycles. The summed E-state index contributed by atoms with van der Waals surface area (Å²) in [5, 5.41) is 13.0. The molecule has 120 valence electrons. The Balaban J connectivity index is 2.11. The van der Waals surface area contributed by atoms with Gasteiger partial charge in [0.2, 0.25) is 0 Å². The molecule has 0 atom stereocenters. The van der Waals surface area contributed by atoms with E-state index in [1.807, 2.05) is 0 Å². The number of carbonyl (C=O) groups is 1. The second-order valence-corrected chi connectivity index (χ2v) is 5.23. The summed E-state index contributed by atoms with van der Waals surface area (Å²) < 4.78 is 29.7. The van der Waals surface area contributed by atoms with Gasteiger partial charge in [0.05, 0.1) is 6.21 Å². The van der Waals surface area contributed by atoms with Crippen LogP contribution < -0.4 is 10.2 Å². The van der Waals surface area contributed by atoms with E-state index in [0.717, 1.165) is 0 Å². The van der Waals surface area contributed by atoms with E-state index in [-0.39, 0.29) is 22.6 Å². The number of hydrogen-bond donors (Lipinski definition) is 2. The first-order valence-electron chi connectivity index (χ1n) is 6.32. The van der Waals surface area contributed by atoms with Crippen LogP contribution in [-0.4, -0.2) is 23.8 Å². The lowest BCUT2D eigenvalue weighted by Crippen LogP contribution is -2.17. The van der Waals surface area contributed by atoms with E-state index < -0.39 is 12.5 Å². The van der Waals surface area contributed by atoms with Gasteiger partial charge in [-0.3, -0.25) is 4.79 Å². The van der Waals surface area contributed by atoms with Crippen LogP contribution >= 0.6 is 15.9 Å². The average molecular weight is 385 g/mol. The minimum Gasteiger partial charge on any atom is -0.508 e. The first-order chi connectivity index (χ1) is 11.0. The van der Waals surface area contributed by atoms with Crippen LogP contribution in [0.3, 0.4) is 0 Å². The smallest absolute Gasteiger partial charge is 0.387 e. The minimum absolute atomic E-state index is 0.0544. The third-order valence-corrected chi connectivity index (χ3v) is 3.16. The Morgan fingerprint density at radius 1 is 1.30 bits per heavy atom. The van der Waals surface area contributed by atoms with Crippen LogP contribution in [0.25, 0.3) is 0 Å². The summed E-state index contributed by atoms with van der Waals surface area (Å²) in [6, 6.07) is 10.1. The number of nitrogens with zero attached hydrogens (tertiary/aromatic N) is 1. The highest BCUT2D eigenvalue weighted by Gasteiger charge is 2.09. The van der Waals surface area contributed by atoms with Crippen LogP contribution in [0.1, 0.15) is 15.9 Å². The zero-order chi connectivity index (χ0) is 16.8. The Kier molecular flexibility index (Phi) is 5.64. The summed E-state index contributed by atoms with van der Waals surface area (Å²) >= 11 is 3.21. The van der Waals surface area contributed by atoms with Crippen LogP contribution in [0.2, 0.25) is 0 Å². The Bertz CT molecular complexity index is 738. The van der Waals surface area contributed by atoms with Gasteiger partial charge in [-0.05, 0) is 36.4 Å². The molecule has 0 heterocycles. The largest absolute Gasteiger partial charge is 0.508 e. The number of hydrogen-bond acceptors (Lipinski definition) is 4. The maximum Gasteiger partial charge on any atom is 0.387 e. The number of halogens is 3. The van der Waals surface area contributed by atoms with E-state index in [9.17, 15) is 18.7 Å². The molecular formula is C15H11BrF2N2O3. The molecule has 0 aliphatic rings. The fraction of sp³-hybridized carbons (Fsp3) is 0.0667. The molecule has 0 radical (unpaired) electrons. The van der Waals surface area contributed by atoms with Gasteiger partial charge in [-0.2, -0.15) is 13.9 Å². The summed E-state index contributed by atoms with van der Waals surface area (Å²) in [5.41, 5.74) is 2.70. The quantitative estimate of drug-likeness (QED) is 0.611. The molecule has 2 rings (SSSR count). The van der Waals surface area contributed by atoms with Crippen molar-refractivity contribution in [3.8, 4) is 11.5 Å². The highest BCUT2D eigenvalue weighted by Crippen LogP contribution is 2.23. The van der Waals surface area contributed by atoms with Crippen molar-refractivity contribution >= 4 is 28.1 Å². The van der Waals surface area contributed by atoms with Crippen LogP contribution in [-0.2, 0) is 0 Å². The first kappa shape index (κ1) is 16.9. The molecule has 1 amide bonds. The molecule has 0 saturated carbocycles. The van der Waals surface area contributed by atoms with Crippen LogP contribution in [0.15, 0.2) is 52.0 Å². The van der Waals surface area contributed by atoms with Gasteiger partial charge in [0.25, 0.3) is 5.91 Å². The number of amides is 1. The molecule has 2 N–H and O–H groups in total. The molecule has 8 heteroatoms. The average Bonchev–Trinajstić information content (AvgIpc) is 2.49. The number of hydrazone groups is 1. The van der Waals surface area contributed by atoms with Gasteiger partial charge in [-0.25, -0.2) is 5.43 Å². The zero-order valence-electron chi connectivity index (χ0n) is 11.5. The third-order valence-electron chi connectivity index (χ3n) is 2.67. The third kappa shape index (κ3) is 5.03. The Morgan fingerprint density at radius 2 is 2.09 bits per heavy atom. The number of nitrogens with one attached hydrogen (secondary N) is 1. The highest BCUT2D eigenvalue weighted by atomic mass is 79.9. The predicted octanol–water partition coefficient (Wildman–Crippen LogP) is 3.52. The van der Waals surface area contributed by atoms with Crippen LogP contribution in [0.5, 0.6) is 11.5 Å². The van der Waals surface area contributed by atoms with Gasteiger partial charge in [-0.1, -0.05) is 22.0 Å². The predicted molar refractivity (Wildman–Crippen MR) is 83.9 cm³/mol. The normalized spacial score (nSPS) is 11.0. The summed E-state index contributed by atoms with van der Waals surface area (Å²) in [5.74, 6) is -0.678. The molecule has 0 aromatic heterocycles. The first-order valence-corrected chi connectivity index (χ1v) is 7.12. The second kappa shape index (κ2) is 7.68. The second-order valence-electron chi connectivity index (χ2n) is 4.31. The fourth-order valence-electron chi connectivity index (χ4n) is 1.70. The van der Waals surface area contributed by atoms with Gasteiger partial charge in [-0.15, -0.1) is 0 Å². The molecule has 0 aliphatic carbocycles. The Morgan fingerprint density at radius 3 is 2.78 bits per heavy atom. The standard InChI is InChI=1S/C15H11BrF2N2O3/c16-11-4-5-13(23-15(17)18)10(6-11)8-19-20-14(22)9-2-1-3-12(21)7-9/h1-8,15,21H,(H,20,22)/b19-8-. The van der Waals surface area contributed by atoms with Crippen molar-refractivity contribution in [1.82, 2.24) is 5.43 Å². The number of phenols is 1. The van der Waals surface area contributed by atoms with E-state index in [0.29, 0.717) is 4.47 Å². The van der Waals surface area contributed by atoms with Gasteiger partial charge in [0.15, 0.2) is 0 Å². The molecule has 5 nitrogen and oxygen atoms in total. The summed E-state index contributed by atoms with van der Waals surface area (Å²) in [7, 11) is 0. The van der Waals surface area contributed by atoms with Gasteiger partial charge < -0.3 is 9.84 Å². The van der Waals surface area contributed by atoms with Crippen molar-refractivity contribution in [2.24, 2.45) is 5.10 Å². The van der Waals surface area contributed by atoms with Crippen molar-refractivity contribution < 1.29 is 23.4 Å². The number of ether oxygens (including phenoxy) is 1. The van der Waals surface area contributed by atoms with Gasteiger partial charge in [0, 0.05) is 15.6 Å². The van der Waals surface area contributed by atoms with Crippen molar-refractivity contribution in [2.45, 2.75) is 6.61 Å². The summed E-state index contributed by atoms with van der Waals surface area (Å²) in [4.78, 5) is 11.8. The number of aromatic hydroxyl groups is 1. The maximum absolute atomic E-state index is 12.3. The van der Waals surface area contributed by atoms with E-state index in [1.54, 1.807) is 6.07 Å². The zero-order valence-corrected chi connectivity index (χ0v) is 13.1. The fourth-order valence-corrected chi connectivity index (χ4v) is 2.07. The lowest BCUT2D eigenvalue weighted by atomic mass is 10.2. The molecule has 23 heavy (non-hydrogen) atoms. The number of carbonyl (C=O) groups excluding carboxylic acids is 1. The van der Waals surface area contributed by atoms with E-state index in [2.05, 4.69) is 31.2 Å². The van der Waals surface area contributed by atoms with Crippen molar-refractivity contribution in [3.63, 3.8) is 0 Å². The van der Waals surface area contributed by atoms with Crippen molar-refractivity contribution in [3.05, 3.63) is 58.1 Å². The molecule has 2 aromatic rings. The van der Waals surface area contributed by atoms with Crippen LogP contribution in [0, 0.1) is 0 Å². The van der Waals surface area contributed by atoms with E-state index in [4.69, 9.17) is 0 Å². The van der Waals surface area contributed by atoms with Crippen molar-refractivity contribution in [1.29, 1.82) is 0 Å².